The van der Waals surface area contributed by atoms with Crippen molar-refractivity contribution in [3.8, 4) is 0 Å². The van der Waals surface area contributed by atoms with E-state index in [1.807, 2.05) is 34.0 Å². The molecule has 1 atom stereocenters. The van der Waals surface area contributed by atoms with E-state index >= 15 is 0 Å². The summed E-state index contributed by atoms with van der Waals surface area (Å²) in [6, 6.07) is 5.19. The first-order chi connectivity index (χ1) is 11.1. The number of rotatable bonds is 2. The Labute approximate surface area is 136 Å². The van der Waals surface area contributed by atoms with Crippen molar-refractivity contribution in [1.82, 2.24) is 19.4 Å². The lowest BCUT2D eigenvalue weighted by Crippen LogP contribution is -2.33. The number of aromatic nitrogens is 3. The van der Waals surface area contributed by atoms with Crippen molar-refractivity contribution in [1.29, 1.82) is 0 Å². The normalized spacial score (nSPS) is 18.0. The van der Waals surface area contributed by atoms with Crippen LogP contribution in [0.15, 0.2) is 34.6 Å². The van der Waals surface area contributed by atoms with Crippen molar-refractivity contribution in [3.63, 3.8) is 0 Å². The first kappa shape index (κ1) is 14.2. The zero-order chi connectivity index (χ0) is 16.0. The van der Waals surface area contributed by atoms with Crippen molar-refractivity contribution in [2.45, 2.75) is 18.9 Å². The Morgan fingerprint density at radius 2 is 2.30 bits per heavy atom. The number of carbonyl (C=O) groups is 1. The predicted molar refractivity (Wildman–Crippen MR) is 88.7 cm³/mol. The number of fused-ring (bicyclic) bond motifs is 1. The number of thiophene rings is 1. The molecular weight excluding hydrogens is 312 g/mol. The number of carbonyl (C=O) groups excluding carboxylic acids is 1. The molecule has 3 aromatic rings. The van der Waals surface area contributed by atoms with Crippen molar-refractivity contribution in [2.75, 3.05) is 6.54 Å². The monoisotopic (exact) mass is 328 g/mol. The minimum absolute atomic E-state index is 0.00935. The summed E-state index contributed by atoms with van der Waals surface area (Å²) in [5.41, 5.74) is 1.56. The number of nitrogens with zero attached hydrogens (tertiary/aromatic N) is 3. The number of aromatic amines is 1. The molecule has 7 heteroatoms. The van der Waals surface area contributed by atoms with E-state index in [9.17, 15) is 9.59 Å². The standard InChI is InChI=1S/C16H16N4O2S/c1-19-10-5-8-23-13(10)9-12(19)16(22)20-7-2-3-11(20)15-17-6-4-14(21)18-15/h4-6,8-9,11H,2-3,7H2,1H3,(H,17,18,21). The molecule has 3 aromatic heterocycles. The number of aryl methyl sites for hydroxylation is 1. The predicted octanol–water partition coefficient (Wildman–Crippen LogP) is 2.30. The highest BCUT2D eigenvalue weighted by molar-refractivity contribution is 7.17. The van der Waals surface area contributed by atoms with E-state index in [2.05, 4.69) is 9.97 Å². The van der Waals surface area contributed by atoms with Crippen LogP contribution >= 0.6 is 11.3 Å². The van der Waals surface area contributed by atoms with Gasteiger partial charge in [-0.2, -0.15) is 0 Å². The molecule has 1 N–H and O–H groups in total. The number of H-pyrrole nitrogens is 1. The molecule has 1 fully saturated rings. The van der Waals surface area contributed by atoms with Crippen LogP contribution in [0.4, 0.5) is 0 Å². The topological polar surface area (TPSA) is 71.0 Å². The van der Waals surface area contributed by atoms with E-state index in [1.165, 1.54) is 12.3 Å². The van der Waals surface area contributed by atoms with Crippen LogP contribution in [0.5, 0.6) is 0 Å². The maximum atomic E-state index is 13.0. The number of hydrogen-bond donors (Lipinski definition) is 1. The summed E-state index contributed by atoms with van der Waals surface area (Å²) >= 11 is 1.63. The Hall–Kier alpha value is -2.41. The third kappa shape index (κ3) is 2.28. The number of likely N-dealkylation sites (tertiary alicyclic amines) is 1. The molecule has 0 spiro atoms. The van der Waals surface area contributed by atoms with Gasteiger partial charge in [-0.25, -0.2) is 4.98 Å². The Bertz CT molecular complexity index is 939. The summed E-state index contributed by atoms with van der Waals surface area (Å²) in [4.78, 5) is 33.3. The summed E-state index contributed by atoms with van der Waals surface area (Å²) in [5, 5.41) is 2.02. The van der Waals surface area contributed by atoms with E-state index in [-0.39, 0.29) is 17.5 Å². The van der Waals surface area contributed by atoms with Crippen molar-refractivity contribution < 1.29 is 4.79 Å². The maximum Gasteiger partial charge on any atom is 0.271 e. The molecule has 1 aliphatic heterocycles. The van der Waals surface area contributed by atoms with Gasteiger partial charge in [-0.05, 0) is 30.4 Å². The van der Waals surface area contributed by atoms with Gasteiger partial charge in [0, 0.05) is 25.9 Å². The van der Waals surface area contributed by atoms with Crippen LogP contribution in [-0.2, 0) is 7.05 Å². The third-order valence-electron chi connectivity index (χ3n) is 4.40. The van der Waals surface area contributed by atoms with Crippen LogP contribution in [0, 0.1) is 0 Å². The Morgan fingerprint density at radius 1 is 1.43 bits per heavy atom. The second kappa shape index (κ2) is 5.34. The van der Waals surface area contributed by atoms with Gasteiger partial charge in [-0.15, -0.1) is 11.3 Å². The molecule has 0 aromatic carbocycles. The van der Waals surface area contributed by atoms with Crippen molar-refractivity contribution in [2.24, 2.45) is 7.05 Å². The first-order valence-electron chi connectivity index (χ1n) is 7.54. The summed E-state index contributed by atoms with van der Waals surface area (Å²) in [6.07, 6.45) is 3.22. The minimum Gasteiger partial charge on any atom is -0.339 e. The highest BCUT2D eigenvalue weighted by Gasteiger charge is 2.33. The van der Waals surface area contributed by atoms with Gasteiger partial charge >= 0.3 is 0 Å². The van der Waals surface area contributed by atoms with Crippen LogP contribution in [0.3, 0.4) is 0 Å². The second-order valence-corrected chi connectivity index (χ2v) is 6.68. The fourth-order valence-corrected chi connectivity index (χ4v) is 4.10. The van der Waals surface area contributed by atoms with Gasteiger partial charge in [0.2, 0.25) is 0 Å². The Balaban J connectivity index is 1.70. The van der Waals surface area contributed by atoms with E-state index in [0.29, 0.717) is 18.1 Å². The van der Waals surface area contributed by atoms with Crippen LogP contribution in [0.1, 0.15) is 35.2 Å². The summed E-state index contributed by atoms with van der Waals surface area (Å²) < 4.78 is 3.04. The molecule has 1 unspecified atom stereocenters. The van der Waals surface area contributed by atoms with E-state index in [4.69, 9.17) is 0 Å². The smallest absolute Gasteiger partial charge is 0.271 e. The fourth-order valence-electron chi connectivity index (χ4n) is 3.25. The lowest BCUT2D eigenvalue weighted by molar-refractivity contribution is 0.0720. The van der Waals surface area contributed by atoms with Crippen molar-refractivity contribution >= 4 is 27.5 Å². The molecule has 4 heterocycles. The van der Waals surface area contributed by atoms with Gasteiger partial charge in [0.15, 0.2) is 0 Å². The van der Waals surface area contributed by atoms with E-state index < -0.39 is 0 Å². The molecule has 6 nitrogen and oxygen atoms in total. The molecule has 0 aliphatic carbocycles. The fraction of sp³-hybridized carbons (Fsp3) is 0.312. The molecule has 4 rings (SSSR count). The van der Waals surface area contributed by atoms with Gasteiger partial charge < -0.3 is 14.5 Å². The highest BCUT2D eigenvalue weighted by atomic mass is 32.1. The zero-order valence-corrected chi connectivity index (χ0v) is 13.5. The third-order valence-corrected chi connectivity index (χ3v) is 5.26. The molecule has 0 saturated carbocycles. The zero-order valence-electron chi connectivity index (χ0n) is 12.7. The SMILES string of the molecule is Cn1c(C(=O)N2CCCC2c2nccc(=O)[nH]2)cc2sccc21. The molecule has 118 valence electrons. The Morgan fingerprint density at radius 3 is 3.09 bits per heavy atom. The first-order valence-corrected chi connectivity index (χ1v) is 8.42. The molecule has 1 aliphatic rings. The van der Waals surface area contributed by atoms with Gasteiger partial charge in [-0.1, -0.05) is 0 Å². The number of hydrogen-bond acceptors (Lipinski definition) is 4. The molecule has 23 heavy (non-hydrogen) atoms. The van der Waals surface area contributed by atoms with Crippen LogP contribution in [0.25, 0.3) is 10.2 Å². The number of nitrogens with one attached hydrogen (secondary N) is 1. The maximum absolute atomic E-state index is 13.0. The summed E-state index contributed by atoms with van der Waals surface area (Å²) in [5.74, 6) is 0.560. The quantitative estimate of drug-likeness (QED) is 0.784. The summed E-state index contributed by atoms with van der Waals surface area (Å²) in [6.45, 7) is 0.681. The van der Waals surface area contributed by atoms with Crippen LogP contribution in [0.2, 0.25) is 0 Å². The van der Waals surface area contributed by atoms with Gasteiger partial charge in [-0.3, -0.25) is 9.59 Å². The van der Waals surface area contributed by atoms with Crippen LogP contribution in [-0.4, -0.2) is 31.9 Å². The lowest BCUT2D eigenvalue weighted by Gasteiger charge is -2.24. The Kier molecular flexibility index (Phi) is 3.30. The van der Waals surface area contributed by atoms with Gasteiger partial charge in [0.1, 0.15) is 11.5 Å². The van der Waals surface area contributed by atoms with E-state index in [0.717, 1.165) is 23.1 Å². The number of amides is 1. The van der Waals surface area contributed by atoms with E-state index in [1.54, 1.807) is 11.3 Å². The minimum atomic E-state index is -0.186. The summed E-state index contributed by atoms with van der Waals surface area (Å²) in [7, 11) is 1.91. The van der Waals surface area contributed by atoms with Crippen LogP contribution < -0.4 is 5.56 Å². The average Bonchev–Trinajstić information content (AvgIpc) is 3.24. The lowest BCUT2D eigenvalue weighted by atomic mass is 10.2. The molecule has 1 amide bonds. The second-order valence-electron chi connectivity index (χ2n) is 5.73. The molecule has 1 saturated heterocycles. The highest BCUT2D eigenvalue weighted by Crippen LogP contribution is 2.32. The van der Waals surface area contributed by atoms with Gasteiger partial charge in [0.25, 0.3) is 11.5 Å². The van der Waals surface area contributed by atoms with Crippen molar-refractivity contribution in [3.05, 3.63) is 51.6 Å². The molecule has 0 radical (unpaired) electrons. The average molecular weight is 328 g/mol. The molecule has 0 bridgehead atoms. The van der Waals surface area contributed by atoms with Gasteiger partial charge in [0.05, 0.1) is 16.3 Å². The molecular formula is C16H16N4O2S. The largest absolute Gasteiger partial charge is 0.339 e.